The molecule has 1 aliphatic heterocycles. The summed E-state index contributed by atoms with van der Waals surface area (Å²) in [6.45, 7) is 3.98. The van der Waals surface area contributed by atoms with Crippen molar-refractivity contribution in [3.63, 3.8) is 0 Å². The summed E-state index contributed by atoms with van der Waals surface area (Å²) >= 11 is 0. The van der Waals surface area contributed by atoms with Crippen molar-refractivity contribution < 1.29 is 28.6 Å². The van der Waals surface area contributed by atoms with Crippen LogP contribution in [0.25, 0.3) is 0 Å². The molecule has 0 saturated carbocycles. The number of nitrogens with one attached hydrogen (secondary N) is 2. The Morgan fingerprint density at radius 1 is 1.00 bits per heavy atom. The number of hydrogen-bond donors (Lipinski definition) is 2. The van der Waals surface area contributed by atoms with Gasteiger partial charge in [0, 0.05) is 11.3 Å². The average molecular weight is 412 g/mol. The SMILES string of the molecule is CC(C)[C@@H](NC(=O)Nc1ccccc1)C(=O)OCC(=O)c1ccc2c(c1)OCCO2. The second-order valence-corrected chi connectivity index (χ2v) is 7.08. The molecule has 0 radical (unpaired) electrons. The van der Waals surface area contributed by atoms with Crippen molar-refractivity contribution in [2.45, 2.75) is 19.9 Å². The summed E-state index contributed by atoms with van der Waals surface area (Å²) < 4.78 is 16.1. The minimum atomic E-state index is -0.901. The summed E-state index contributed by atoms with van der Waals surface area (Å²) in [5, 5.41) is 5.25. The first-order valence-electron chi connectivity index (χ1n) is 9.66. The van der Waals surface area contributed by atoms with Gasteiger partial charge in [0.25, 0.3) is 0 Å². The van der Waals surface area contributed by atoms with Gasteiger partial charge >= 0.3 is 12.0 Å². The number of carbonyl (C=O) groups excluding carboxylic acids is 3. The molecule has 1 heterocycles. The lowest BCUT2D eigenvalue weighted by molar-refractivity contribution is -0.145. The molecule has 0 aliphatic carbocycles. The molecule has 3 rings (SSSR count). The Kier molecular flexibility index (Phi) is 6.90. The van der Waals surface area contributed by atoms with Gasteiger partial charge in [-0.05, 0) is 36.2 Å². The number of rotatable bonds is 7. The van der Waals surface area contributed by atoms with E-state index in [-0.39, 0.29) is 11.7 Å². The summed E-state index contributed by atoms with van der Waals surface area (Å²) in [7, 11) is 0. The average Bonchev–Trinajstić information content (AvgIpc) is 2.75. The second-order valence-electron chi connectivity index (χ2n) is 7.08. The van der Waals surface area contributed by atoms with Gasteiger partial charge in [0.2, 0.25) is 0 Å². The fourth-order valence-corrected chi connectivity index (χ4v) is 2.85. The number of hydrogen-bond acceptors (Lipinski definition) is 6. The lowest BCUT2D eigenvalue weighted by Crippen LogP contribution is -2.47. The molecule has 2 aromatic rings. The van der Waals surface area contributed by atoms with Crippen LogP contribution in [0.4, 0.5) is 10.5 Å². The second kappa shape index (κ2) is 9.78. The Balaban J connectivity index is 1.55. The van der Waals surface area contributed by atoms with Gasteiger partial charge in [-0.2, -0.15) is 0 Å². The molecule has 0 spiro atoms. The van der Waals surface area contributed by atoms with E-state index in [2.05, 4.69) is 10.6 Å². The van der Waals surface area contributed by atoms with E-state index in [4.69, 9.17) is 14.2 Å². The fourth-order valence-electron chi connectivity index (χ4n) is 2.85. The highest BCUT2D eigenvalue weighted by atomic mass is 16.6. The molecule has 30 heavy (non-hydrogen) atoms. The fraction of sp³-hybridized carbons (Fsp3) is 0.318. The Morgan fingerprint density at radius 2 is 1.70 bits per heavy atom. The van der Waals surface area contributed by atoms with Crippen LogP contribution in [-0.2, 0) is 9.53 Å². The predicted molar refractivity (Wildman–Crippen MR) is 110 cm³/mol. The van der Waals surface area contributed by atoms with Crippen molar-refractivity contribution in [3.05, 3.63) is 54.1 Å². The molecule has 8 heteroatoms. The standard InChI is InChI=1S/C22H24N2O6/c1-14(2)20(24-22(27)23-16-6-4-3-5-7-16)21(26)30-13-17(25)15-8-9-18-19(12-15)29-11-10-28-18/h3-9,12,14,20H,10-11,13H2,1-2H3,(H2,23,24,27)/t20-/m1/s1. The van der Waals surface area contributed by atoms with E-state index in [0.29, 0.717) is 36.0 Å². The van der Waals surface area contributed by atoms with Gasteiger partial charge in [0.15, 0.2) is 23.9 Å². The minimum Gasteiger partial charge on any atom is -0.486 e. The Morgan fingerprint density at radius 3 is 2.40 bits per heavy atom. The molecule has 1 atom stereocenters. The van der Waals surface area contributed by atoms with E-state index < -0.39 is 24.6 Å². The van der Waals surface area contributed by atoms with Crippen molar-refractivity contribution in [1.82, 2.24) is 5.32 Å². The van der Waals surface area contributed by atoms with Gasteiger partial charge < -0.3 is 24.8 Å². The topological polar surface area (TPSA) is 103 Å². The van der Waals surface area contributed by atoms with E-state index >= 15 is 0 Å². The van der Waals surface area contributed by atoms with E-state index in [1.165, 1.54) is 0 Å². The molecule has 2 aromatic carbocycles. The zero-order valence-corrected chi connectivity index (χ0v) is 16.8. The largest absolute Gasteiger partial charge is 0.486 e. The molecular weight excluding hydrogens is 388 g/mol. The zero-order valence-electron chi connectivity index (χ0n) is 16.8. The van der Waals surface area contributed by atoms with Crippen LogP contribution in [0, 0.1) is 5.92 Å². The summed E-state index contributed by atoms with van der Waals surface area (Å²) in [6, 6.07) is 12.2. The number of anilines is 1. The van der Waals surface area contributed by atoms with Crippen LogP contribution >= 0.6 is 0 Å². The van der Waals surface area contributed by atoms with Crippen molar-refractivity contribution in [2.75, 3.05) is 25.1 Å². The highest BCUT2D eigenvalue weighted by molar-refractivity contribution is 5.99. The number of benzene rings is 2. The quantitative estimate of drug-likeness (QED) is 0.535. The summed E-state index contributed by atoms with van der Waals surface area (Å²) in [5.41, 5.74) is 0.947. The summed E-state index contributed by atoms with van der Waals surface area (Å²) in [5.74, 6) is -0.236. The van der Waals surface area contributed by atoms with Crippen LogP contribution in [0.15, 0.2) is 48.5 Å². The van der Waals surface area contributed by atoms with Crippen LogP contribution in [0.1, 0.15) is 24.2 Å². The van der Waals surface area contributed by atoms with Gasteiger partial charge in [-0.15, -0.1) is 0 Å². The monoisotopic (exact) mass is 412 g/mol. The zero-order chi connectivity index (χ0) is 21.5. The highest BCUT2D eigenvalue weighted by Crippen LogP contribution is 2.30. The smallest absolute Gasteiger partial charge is 0.329 e. The minimum absolute atomic E-state index is 0.233. The van der Waals surface area contributed by atoms with Crippen LogP contribution in [0.5, 0.6) is 11.5 Å². The lowest BCUT2D eigenvalue weighted by Gasteiger charge is -2.21. The molecule has 0 bridgehead atoms. The van der Waals surface area contributed by atoms with E-state index in [1.807, 2.05) is 6.07 Å². The van der Waals surface area contributed by atoms with Crippen LogP contribution < -0.4 is 20.1 Å². The number of ketones is 1. The third kappa shape index (κ3) is 5.50. The maximum Gasteiger partial charge on any atom is 0.329 e. The molecule has 0 aromatic heterocycles. The third-order valence-corrected chi connectivity index (χ3v) is 4.45. The molecular formula is C22H24N2O6. The number of Topliss-reactive ketones (excluding diaryl/α,β-unsaturated/α-hetero) is 1. The van der Waals surface area contributed by atoms with Gasteiger partial charge in [-0.3, -0.25) is 4.79 Å². The van der Waals surface area contributed by atoms with Crippen LogP contribution in [0.3, 0.4) is 0 Å². The number of ether oxygens (including phenoxy) is 3. The van der Waals surface area contributed by atoms with Gasteiger partial charge in [0.1, 0.15) is 19.3 Å². The van der Waals surface area contributed by atoms with Gasteiger partial charge in [-0.1, -0.05) is 32.0 Å². The molecule has 0 fully saturated rings. The van der Waals surface area contributed by atoms with Gasteiger partial charge in [0.05, 0.1) is 0 Å². The molecule has 1 aliphatic rings. The first kappa shape index (κ1) is 21.2. The van der Waals surface area contributed by atoms with Crippen molar-refractivity contribution in [2.24, 2.45) is 5.92 Å². The highest BCUT2D eigenvalue weighted by Gasteiger charge is 2.27. The van der Waals surface area contributed by atoms with Crippen LogP contribution in [0.2, 0.25) is 0 Å². The number of urea groups is 1. The van der Waals surface area contributed by atoms with E-state index in [1.54, 1.807) is 56.3 Å². The number of carbonyl (C=O) groups is 3. The number of amides is 2. The number of fused-ring (bicyclic) bond motifs is 1. The van der Waals surface area contributed by atoms with Crippen LogP contribution in [-0.4, -0.2) is 43.6 Å². The van der Waals surface area contributed by atoms with E-state index in [9.17, 15) is 14.4 Å². The maximum absolute atomic E-state index is 12.5. The maximum atomic E-state index is 12.5. The number of para-hydroxylation sites is 1. The van der Waals surface area contributed by atoms with Gasteiger partial charge in [-0.25, -0.2) is 9.59 Å². The normalized spacial score (nSPS) is 13.3. The summed E-state index contributed by atoms with van der Waals surface area (Å²) in [4.78, 5) is 37.1. The van der Waals surface area contributed by atoms with Crippen molar-refractivity contribution in [1.29, 1.82) is 0 Å². The summed E-state index contributed by atoms with van der Waals surface area (Å²) in [6.07, 6.45) is 0. The molecule has 0 unspecified atom stereocenters. The molecule has 2 amide bonds. The number of esters is 1. The first-order valence-corrected chi connectivity index (χ1v) is 9.66. The third-order valence-electron chi connectivity index (χ3n) is 4.45. The van der Waals surface area contributed by atoms with E-state index in [0.717, 1.165) is 0 Å². The van der Waals surface area contributed by atoms with Crippen molar-refractivity contribution >= 4 is 23.5 Å². The molecule has 8 nitrogen and oxygen atoms in total. The Bertz CT molecular complexity index is 913. The molecule has 158 valence electrons. The lowest BCUT2D eigenvalue weighted by atomic mass is 10.0. The predicted octanol–water partition coefficient (Wildman–Crippen LogP) is 3.03. The first-order chi connectivity index (χ1) is 14.4. The molecule has 0 saturated heterocycles. The molecule has 2 N–H and O–H groups in total. The Hall–Kier alpha value is -3.55. The Labute approximate surface area is 174 Å². The van der Waals surface area contributed by atoms with Crippen molar-refractivity contribution in [3.8, 4) is 11.5 Å².